The third kappa shape index (κ3) is 2.70. The van der Waals surface area contributed by atoms with E-state index >= 15 is 0 Å². The fourth-order valence-corrected chi connectivity index (χ4v) is 1.45. The number of pyridine rings is 2. The summed E-state index contributed by atoms with van der Waals surface area (Å²) in [5, 5.41) is 2.93. The van der Waals surface area contributed by atoms with Gasteiger partial charge in [-0.1, -0.05) is 11.6 Å². The highest BCUT2D eigenvalue weighted by Gasteiger charge is 2.11. The van der Waals surface area contributed by atoms with Crippen LogP contribution in [-0.4, -0.2) is 15.9 Å². The van der Waals surface area contributed by atoms with Crippen molar-refractivity contribution in [1.82, 2.24) is 9.97 Å². The van der Waals surface area contributed by atoms with Gasteiger partial charge in [-0.05, 0) is 18.2 Å². The number of nitrogens with zero attached hydrogens (tertiary/aromatic N) is 2. The Labute approximate surface area is 103 Å². The normalized spacial score (nSPS) is 9.94. The summed E-state index contributed by atoms with van der Waals surface area (Å²) in [6.45, 7) is 0. The second-order valence-corrected chi connectivity index (χ2v) is 3.69. The first kappa shape index (κ1) is 11.3. The number of amides is 1. The van der Waals surface area contributed by atoms with Gasteiger partial charge in [-0.15, -0.1) is 0 Å². The van der Waals surface area contributed by atoms with Crippen LogP contribution in [-0.2, 0) is 0 Å². The first-order chi connectivity index (χ1) is 8.16. The monoisotopic (exact) mass is 248 g/mol. The van der Waals surface area contributed by atoms with Gasteiger partial charge in [0.2, 0.25) is 0 Å². The van der Waals surface area contributed by atoms with E-state index in [-0.39, 0.29) is 22.3 Å². The van der Waals surface area contributed by atoms with Crippen molar-refractivity contribution in [3.05, 3.63) is 47.4 Å². The standard InChI is InChI=1S/C11H9ClN4O/c12-9-6-15-10(13)5-8(9)11(17)16-7-1-3-14-4-2-7/h1-6H,(H2,13,15)(H,14,16,17). The van der Waals surface area contributed by atoms with Crippen LogP contribution in [0.1, 0.15) is 10.4 Å². The van der Waals surface area contributed by atoms with E-state index in [1.165, 1.54) is 12.3 Å². The third-order valence-electron chi connectivity index (χ3n) is 2.06. The van der Waals surface area contributed by atoms with Crippen LogP contribution in [0.3, 0.4) is 0 Å². The highest BCUT2D eigenvalue weighted by Crippen LogP contribution is 2.18. The van der Waals surface area contributed by atoms with E-state index in [2.05, 4.69) is 15.3 Å². The molecule has 0 saturated carbocycles. The average Bonchev–Trinajstić information content (AvgIpc) is 2.33. The van der Waals surface area contributed by atoms with Crippen molar-refractivity contribution in [3.63, 3.8) is 0 Å². The Bertz CT molecular complexity index is 544. The molecule has 5 nitrogen and oxygen atoms in total. The fraction of sp³-hybridized carbons (Fsp3) is 0. The molecule has 2 aromatic heterocycles. The summed E-state index contributed by atoms with van der Waals surface area (Å²) < 4.78 is 0. The zero-order valence-corrected chi connectivity index (χ0v) is 9.48. The maximum Gasteiger partial charge on any atom is 0.257 e. The lowest BCUT2D eigenvalue weighted by Gasteiger charge is -2.06. The van der Waals surface area contributed by atoms with Gasteiger partial charge in [-0.25, -0.2) is 4.98 Å². The minimum atomic E-state index is -0.338. The second-order valence-electron chi connectivity index (χ2n) is 3.28. The maximum atomic E-state index is 11.9. The Morgan fingerprint density at radius 3 is 2.76 bits per heavy atom. The third-order valence-corrected chi connectivity index (χ3v) is 2.36. The Morgan fingerprint density at radius 1 is 1.35 bits per heavy atom. The van der Waals surface area contributed by atoms with E-state index in [1.807, 2.05) is 0 Å². The van der Waals surface area contributed by atoms with Gasteiger partial charge in [0.1, 0.15) is 5.82 Å². The minimum Gasteiger partial charge on any atom is -0.384 e. The lowest BCUT2D eigenvalue weighted by molar-refractivity contribution is 0.102. The molecule has 0 atom stereocenters. The largest absolute Gasteiger partial charge is 0.384 e. The summed E-state index contributed by atoms with van der Waals surface area (Å²) in [4.78, 5) is 19.5. The molecule has 2 rings (SSSR count). The molecule has 17 heavy (non-hydrogen) atoms. The molecule has 3 N–H and O–H groups in total. The molecule has 0 spiro atoms. The van der Waals surface area contributed by atoms with Crippen LogP contribution in [0.25, 0.3) is 0 Å². The number of nitrogen functional groups attached to an aromatic ring is 1. The Balaban J connectivity index is 2.23. The number of hydrogen-bond donors (Lipinski definition) is 2. The fourth-order valence-electron chi connectivity index (χ4n) is 1.26. The number of halogens is 1. The quantitative estimate of drug-likeness (QED) is 0.851. The first-order valence-electron chi connectivity index (χ1n) is 4.79. The molecule has 0 aromatic carbocycles. The van der Waals surface area contributed by atoms with Gasteiger partial charge in [0.25, 0.3) is 5.91 Å². The smallest absolute Gasteiger partial charge is 0.257 e. The molecular weight excluding hydrogens is 240 g/mol. The van der Waals surface area contributed by atoms with Crippen molar-refractivity contribution in [2.75, 3.05) is 11.1 Å². The lowest BCUT2D eigenvalue weighted by Crippen LogP contribution is -2.13. The number of carbonyl (C=O) groups is 1. The predicted octanol–water partition coefficient (Wildman–Crippen LogP) is 1.96. The number of nitrogens with one attached hydrogen (secondary N) is 1. The summed E-state index contributed by atoms with van der Waals surface area (Å²) in [5.41, 5.74) is 6.42. The van der Waals surface area contributed by atoms with Crippen LogP contribution in [0.2, 0.25) is 5.02 Å². The Hall–Kier alpha value is -2.14. The molecule has 0 fully saturated rings. The number of aromatic nitrogens is 2. The minimum absolute atomic E-state index is 0.245. The van der Waals surface area contributed by atoms with Gasteiger partial charge in [0.05, 0.1) is 10.6 Å². The van der Waals surface area contributed by atoms with E-state index in [0.717, 1.165) is 0 Å². The number of rotatable bonds is 2. The molecule has 0 saturated heterocycles. The molecule has 0 radical (unpaired) electrons. The van der Waals surface area contributed by atoms with Gasteiger partial charge < -0.3 is 11.1 Å². The second kappa shape index (κ2) is 4.80. The maximum absolute atomic E-state index is 11.9. The van der Waals surface area contributed by atoms with E-state index in [1.54, 1.807) is 24.5 Å². The zero-order valence-electron chi connectivity index (χ0n) is 8.72. The van der Waals surface area contributed by atoms with Crippen molar-refractivity contribution in [2.45, 2.75) is 0 Å². The summed E-state index contributed by atoms with van der Waals surface area (Å²) in [6.07, 6.45) is 4.51. The highest BCUT2D eigenvalue weighted by atomic mass is 35.5. The molecule has 2 heterocycles. The molecule has 1 amide bonds. The van der Waals surface area contributed by atoms with Gasteiger partial charge in [-0.2, -0.15) is 0 Å². The summed E-state index contributed by atoms with van der Waals surface area (Å²) >= 11 is 5.87. The summed E-state index contributed by atoms with van der Waals surface area (Å²) in [7, 11) is 0. The molecule has 0 aliphatic rings. The molecule has 6 heteroatoms. The van der Waals surface area contributed by atoms with E-state index < -0.39 is 0 Å². The van der Waals surface area contributed by atoms with Crippen molar-refractivity contribution in [3.8, 4) is 0 Å². The van der Waals surface area contributed by atoms with Gasteiger partial charge >= 0.3 is 0 Å². The van der Waals surface area contributed by atoms with E-state index in [9.17, 15) is 4.79 Å². The van der Waals surface area contributed by atoms with Crippen LogP contribution in [0.4, 0.5) is 11.5 Å². The number of hydrogen-bond acceptors (Lipinski definition) is 4. The SMILES string of the molecule is Nc1cc(C(=O)Nc2ccncc2)c(Cl)cn1. The van der Waals surface area contributed by atoms with Crippen molar-refractivity contribution in [1.29, 1.82) is 0 Å². The molecule has 0 unspecified atom stereocenters. The molecule has 0 bridgehead atoms. The summed E-state index contributed by atoms with van der Waals surface area (Å²) in [5.74, 6) is -0.0930. The van der Waals surface area contributed by atoms with Gasteiger partial charge in [0, 0.05) is 24.3 Å². The van der Waals surface area contributed by atoms with Crippen molar-refractivity contribution in [2.24, 2.45) is 0 Å². The first-order valence-corrected chi connectivity index (χ1v) is 5.17. The number of carbonyl (C=O) groups excluding carboxylic acids is 1. The molecule has 86 valence electrons. The molecular formula is C11H9ClN4O. The average molecular weight is 249 g/mol. The van der Waals surface area contributed by atoms with Crippen molar-refractivity contribution < 1.29 is 4.79 Å². The van der Waals surface area contributed by atoms with Gasteiger partial charge in [0.15, 0.2) is 0 Å². The van der Waals surface area contributed by atoms with Crippen LogP contribution in [0, 0.1) is 0 Å². The Morgan fingerprint density at radius 2 is 2.06 bits per heavy atom. The lowest BCUT2D eigenvalue weighted by atomic mass is 10.2. The highest BCUT2D eigenvalue weighted by molar-refractivity contribution is 6.34. The van der Waals surface area contributed by atoms with Gasteiger partial charge in [-0.3, -0.25) is 9.78 Å². The van der Waals surface area contributed by atoms with Crippen LogP contribution in [0.5, 0.6) is 0 Å². The van der Waals surface area contributed by atoms with E-state index in [4.69, 9.17) is 17.3 Å². The number of anilines is 2. The van der Waals surface area contributed by atoms with Crippen molar-refractivity contribution >= 4 is 29.0 Å². The van der Waals surface area contributed by atoms with Crippen LogP contribution >= 0.6 is 11.6 Å². The number of nitrogens with two attached hydrogens (primary N) is 1. The van der Waals surface area contributed by atoms with Crippen LogP contribution in [0.15, 0.2) is 36.8 Å². The van der Waals surface area contributed by atoms with E-state index in [0.29, 0.717) is 5.69 Å². The van der Waals surface area contributed by atoms with Crippen LogP contribution < -0.4 is 11.1 Å². The topological polar surface area (TPSA) is 80.9 Å². The molecule has 0 aliphatic heterocycles. The zero-order chi connectivity index (χ0) is 12.3. The molecule has 2 aromatic rings. The Kier molecular flexibility index (Phi) is 3.20. The predicted molar refractivity (Wildman–Crippen MR) is 65.8 cm³/mol. The summed E-state index contributed by atoms with van der Waals surface area (Å²) in [6, 6.07) is 4.78. The molecule has 0 aliphatic carbocycles.